The molecule has 1 unspecified atom stereocenters. The van der Waals surface area contributed by atoms with Crippen LogP contribution in [0.3, 0.4) is 0 Å². The molecule has 1 aliphatic carbocycles. The first-order valence-electron chi connectivity index (χ1n) is 6.90. The number of nitrogens with one attached hydrogen (secondary N) is 1. The molecule has 1 aliphatic heterocycles. The first kappa shape index (κ1) is 14.2. The van der Waals surface area contributed by atoms with Crippen LogP contribution in [0.4, 0.5) is 0 Å². The predicted molar refractivity (Wildman–Crippen MR) is 74.8 cm³/mol. The summed E-state index contributed by atoms with van der Waals surface area (Å²) < 4.78 is 0. The van der Waals surface area contributed by atoms with E-state index in [1.54, 1.807) is 11.8 Å². The fourth-order valence-corrected chi connectivity index (χ4v) is 4.01. The van der Waals surface area contributed by atoms with E-state index in [4.69, 9.17) is 0 Å². The van der Waals surface area contributed by atoms with Crippen molar-refractivity contribution in [1.82, 2.24) is 10.2 Å². The molecule has 1 saturated carbocycles. The Morgan fingerprint density at radius 1 is 1.50 bits per heavy atom. The Hall–Kier alpha value is -0.260. The number of thioether (sulfide) groups is 1. The summed E-state index contributed by atoms with van der Waals surface area (Å²) >= 11 is 1.65. The summed E-state index contributed by atoms with van der Waals surface area (Å²) in [5.74, 6) is 1.23. The Labute approximate surface area is 113 Å². The highest BCUT2D eigenvalue weighted by Crippen LogP contribution is 2.27. The molecule has 0 aromatic carbocycles. The molecule has 0 bridgehead atoms. The van der Waals surface area contributed by atoms with E-state index in [-0.39, 0.29) is 5.91 Å². The first-order valence-corrected chi connectivity index (χ1v) is 8.06. The number of rotatable bonds is 5. The minimum absolute atomic E-state index is 0.188. The molecule has 0 aromatic rings. The molecule has 1 amide bonds. The number of carbonyl (C=O) groups is 1. The fourth-order valence-electron chi connectivity index (χ4n) is 2.77. The predicted octanol–water partition coefficient (Wildman–Crippen LogP) is 0.845. The summed E-state index contributed by atoms with van der Waals surface area (Å²) in [4.78, 5) is 14.2. The highest BCUT2D eigenvalue weighted by molar-refractivity contribution is 7.99. The van der Waals surface area contributed by atoms with Gasteiger partial charge in [0.2, 0.25) is 0 Å². The van der Waals surface area contributed by atoms with Gasteiger partial charge in [0, 0.05) is 24.9 Å². The van der Waals surface area contributed by atoms with Gasteiger partial charge >= 0.3 is 0 Å². The Kier molecular flexibility index (Phi) is 4.92. The third kappa shape index (κ3) is 3.39. The van der Waals surface area contributed by atoms with Crippen LogP contribution >= 0.6 is 11.8 Å². The highest BCUT2D eigenvalue weighted by Gasteiger charge is 2.39. The van der Waals surface area contributed by atoms with Crippen molar-refractivity contribution in [3.8, 4) is 0 Å². The van der Waals surface area contributed by atoms with E-state index in [9.17, 15) is 9.90 Å². The van der Waals surface area contributed by atoms with Crippen molar-refractivity contribution in [2.45, 2.75) is 43.7 Å². The standard InChI is InChI=1S/C13H24N2O2S/c1-15(11-4-2-3-5-11)8-7-14-12(16)13(17)6-9-18-10-13/h11,17H,2-10H2,1H3,(H,14,16). The Bertz CT molecular complexity index is 287. The lowest BCUT2D eigenvalue weighted by Gasteiger charge is -2.25. The number of nitrogens with zero attached hydrogens (tertiary/aromatic N) is 1. The van der Waals surface area contributed by atoms with E-state index >= 15 is 0 Å². The van der Waals surface area contributed by atoms with Crippen molar-refractivity contribution in [3.63, 3.8) is 0 Å². The zero-order valence-electron chi connectivity index (χ0n) is 11.2. The summed E-state index contributed by atoms with van der Waals surface area (Å²) in [6, 6.07) is 0.687. The van der Waals surface area contributed by atoms with Crippen LogP contribution in [0.2, 0.25) is 0 Å². The van der Waals surface area contributed by atoms with Crippen molar-refractivity contribution >= 4 is 17.7 Å². The molecular weight excluding hydrogens is 248 g/mol. The quantitative estimate of drug-likeness (QED) is 0.779. The van der Waals surface area contributed by atoms with Crippen LogP contribution in [0.25, 0.3) is 0 Å². The topological polar surface area (TPSA) is 52.6 Å². The van der Waals surface area contributed by atoms with Gasteiger partial charge in [0.05, 0.1) is 0 Å². The minimum Gasteiger partial charge on any atom is -0.379 e. The molecule has 5 heteroatoms. The second kappa shape index (κ2) is 6.26. The molecule has 2 N–H and O–H groups in total. The average molecular weight is 272 g/mol. The van der Waals surface area contributed by atoms with Crippen LogP contribution in [0, 0.1) is 0 Å². The zero-order chi connectivity index (χ0) is 13.0. The summed E-state index contributed by atoms with van der Waals surface area (Å²) in [6.07, 6.45) is 5.81. The maximum Gasteiger partial charge on any atom is 0.252 e. The zero-order valence-corrected chi connectivity index (χ0v) is 12.0. The first-order chi connectivity index (χ1) is 8.62. The molecule has 2 aliphatic rings. The van der Waals surface area contributed by atoms with Crippen LogP contribution in [0.1, 0.15) is 32.1 Å². The van der Waals surface area contributed by atoms with Crippen molar-refractivity contribution in [2.75, 3.05) is 31.6 Å². The third-order valence-electron chi connectivity index (χ3n) is 4.12. The number of likely N-dealkylation sites (N-methyl/N-ethyl adjacent to an activating group) is 1. The van der Waals surface area contributed by atoms with Gasteiger partial charge in [-0.05, 0) is 32.1 Å². The normalized spacial score (nSPS) is 29.1. The fraction of sp³-hybridized carbons (Fsp3) is 0.923. The van der Waals surface area contributed by atoms with E-state index in [0.29, 0.717) is 24.8 Å². The Balaban J connectivity index is 1.66. The lowest BCUT2D eigenvalue weighted by atomic mass is 10.0. The largest absolute Gasteiger partial charge is 0.379 e. The number of hydrogen-bond acceptors (Lipinski definition) is 4. The molecule has 1 atom stereocenters. The molecule has 104 valence electrons. The van der Waals surface area contributed by atoms with E-state index in [1.807, 2.05) is 0 Å². The summed E-state index contributed by atoms with van der Waals surface area (Å²) in [7, 11) is 2.13. The van der Waals surface area contributed by atoms with Gasteiger partial charge in [-0.2, -0.15) is 11.8 Å². The molecule has 0 spiro atoms. The highest BCUT2D eigenvalue weighted by atomic mass is 32.2. The average Bonchev–Trinajstić information content (AvgIpc) is 3.00. The van der Waals surface area contributed by atoms with Gasteiger partial charge < -0.3 is 15.3 Å². The van der Waals surface area contributed by atoms with Gasteiger partial charge in [0.25, 0.3) is 5.91 Å². The van der Waals surface area contributed by atoms with Crippen LogP contribution in [-0.4, -0.2) is 59.2 Å². The van der Waals surface area contributed by atoms with E-state index in [1.165, 1.54) is 25.7 Å². The van der Waals surface area contributed by atoms with Crippen LogP contribution in [0.5, 0.6) is 0 Å². The number of amides is 1. The van der Waals surface area contributed by atoms with Crippen molar-refractivity contribution in [2.24, 2.45) is 0 Å². The molecule has 2 rings (SSSR count). The summed E-state index contributed by atoms with van der Waals surface area (Å²) in [5, 5.41) is 13.0. The van der Waals surface area contributed by atoms with Gasteiger partial charge in [-0.15, -0.1) is 0 Å². The lowest BCUT2D eigenvalue weighted by Crippen LogP contribution is -2.49. The van der Waals surface area contributed by atoms with Crippen LogP contribution in [0.15, 0.2) is 0 Å². The SMILES string of the molecule is CN(CCNC(=O)C1(O)CCSC1)C1CCCC1. The van der Waals surface area contributed by atoms with Crippen molar-refractivity contribution < 1.29 is 9.90 Å². The van der Waals surface area contributed by atoms with Crippen LogP contribution < -0.4 is 5.32 Å². The van der Waals surface area contributed by atoms with Crippen LogP contribution in [-0.2, 0) is 4.79 Å². The second-order valence-electron chi connectivity index (χ2n) is 5.51. The van der Waals surface area contributed by atoms with Gasteiger partial charge in [-0.25, -0.2) is 0 Å². The molecule has 1 saturated heterocycles. The van der Waals surface area contributed by atoms with E-state index in [0.717, 1.165) is 12.3 Å². The van der Waals surface area contributed by atoms with E-state index < -0.39 is 5.60 Å². The molecule has 2 fully saturated rings. The molecule has 4 nitrogen and oxygen atoms in total. The maximum atomic E-state index is 11.9. The molecule has 18 heavy (non-hydrogen) atoms. The van der Waals surface area contributed by atoms with E-state index in [2.05, 4.69) is 17.3 Å². The lowest BCUT2D eigenvalue weighted by molar-refractivity contribution is -0.137. The third-order valence-corrected chi connectivity index (χ3v) is 5.30. The maximum absolute atomic E-state index is 11.9. The molecule has 0 radical (unpaired) electrons. The monoisotopic (exact) mass is 272 g/mol. The number of hydrogen-bond donors (Lipinski definition) is 2. The number of carbonyl (C=O) groups excluding carboxylic acids is 1. The van der Waals surface area contributed by atoms with Gasteiger partial charge in [0.15, 0.2) is 5.60 Å². The Morgan fingerprint density at radius 3 is 2.83 bits per heavy atom. The summed E-state index contributed by atoms with van der Waals surface area (Å²) in [6.45, 7) is 1.51. The van der Waals surface area contributed by atoms with Gasteiger partial charge in [0.1, 0.15) is 0 Å². The van der Waals surface area contributed by atoms with Gasteiger partial charge in [-0.1, -0.05) is 12.8 Å². The number of aliphatic hydroxyl groups is 1. The molecule has 1 heterocycles. The second-order valence-corrected chi connectivity index (χ2v) is 6.61. The van der Waals surface area contributed by atoms with Crippen molar-refractivity contribution in [1.29, 1.82) is 0 Å². The minimum atomic E-state index is -1.11. The van der Waals surface area contributed by atoms with Crippen molar-refractivity contribution in [3.05, 3.63) is 0 Å². The molecule has 0 aromatic heterocycles. The smallest absolute Gasteiger partial charge is 0.252 e. The van der Waals surface area contributed by atoms with Gasteiger partial charge in [-0.3, -0.25) is 4.79 Å². The Morgan fingerprint density at radius 2 is 2.22 bits per heavy atom. The summed E-state index contributed by atoms with van der Waals surface area (Å²) in [5.41, 5.74) is -1.11. The molecular formula is C13H24N2O2S.